The van der Waals surface area contributed by atoms with Crippen molar-refractivity contribution < 1.29 is 9.59 Å². The zero-order valence-corrected chi connectivity index (χ0v) is 9.30. The lowest BCUT2D eigenvalue weighted by molar-refractivity contribution is -0.130. The summed E-state index contributed by atoms with van der Waals surface area (Å²) in [7, 11) is 1.56. The molecule has 5 heteroatoms. The molecule has 1 rings (SSSR count). The predicted octanol–water partition coefficient (Wildman–Crippen LogP) is -0.763. The lowest BCUT2D eigenvalue weighted by Crippen LogP contribution is -2.48. The highest BCUT2D eigenvalue weighted by Crippen LogP contribution is 2.09. The molecule has 0 aromatic heterocycles. The second kappa shape index (κ2) is 5.70. The van der Waals surface area contributed by atoms with Gasteiger partial charge in [-0.15, -0.1) is 0 Å². The first-order valence-corrected chi connectivity index (χ1v) is 5.38. The first kappa shape index (κ1) is 12.0. The number of rotatable bonds is 3. The van der Waals surface area contributed by atoms with E-state index in [4.69, 9.17) is 0 Å². The molecular weight excluding hydrogens is 194 g/mol. The molecule has 1 fully saturated rings. The van der Waals surface area contributed by atoms with Gasteiger partial charge in [-0.1, -0.05) is 0 Å². The summed E-state index contributed by atoms with van der Waals surface area (Å²) in [6, 6.07) is -0.454. The summed E-state index contributed by atoms with van der Waals surface area (Å²) < 4.78 is 0. The van der Waals surface area contributed by atoms with Gasteiger partial charge in [0.15, 0.2) is 0 Å². The van der Waals surface area contributed by atoms with Crippen molar-refractivity contribution in [2.75, 3.05) is 20.1 Å². The minimum absolute atomic E-state index is 0.00542. The molecule has 0 radical (unpaired) electrons. The fourth-order valence-corrected chi connectivity index (χ4v) is 1.69. The van der Waals surface area contributed by atoms with Crippen molar-refractivity contribution in [3.63, 3.8) is 0 Å². The van der Waals surface area contributed by atoms with Crippen molar-refractivity contribution in [1.29, 1.82) is 0 Å². The average molecular weight is 213 g/mol. The van der Waals surface area contributed by atoms with E-state index in [0.29, 0.717) is 6.54 Å². The molecule has 0 aromatic carbocycles. The lowest BCUT2D eigenvalue weighted by Gasteiger charge is -2.23. The van der Waals surface area contributed by atoms with Crippen LogP contribution < -0.4 is 16.0 Å². The third-order valence-corrected chi connectivity index (χ3v) is 2.67. The third-order valence-electron chi connectivity index (χ3n) is 2.67. The van der Waals surface area contributed by atoms with Gasteiger partial charge in [0.1, 0.15) is 6.04 Å². The van der Waals surface area contributed by atoms with E-state index in [1.165, 1.54) is 0 Å². The number of carbonyl (C=O) groups excluding carboxylic acids is 2. The fourth-order valence-electron chi connectivity index (χ4n) is 1.69. The monoisotopic (exact) mass is 213 g/mol. The van der Waals surface area contributed by atoms with Gasteiger partial charge in [-0.3, -0.25) is 9.59 Å². The Kier molecular flexibility index (Phi) is 4.55. The van der Waals surface area contributed by atoms with Crippen LogP contribution in [0.1, 0.15) is 19.8 Å². The highest BCUT2D eigenvalue weighted by molar-refractivity contribution is 5.88. The normalized spacial score (nSPS) is 22.9. The van der Waals surface area contributed by atoms with Gasteiger partial charge < -0.3 is 16.0 Å². The second-order valence-electron chi connectivity index (χ2n) is 3.89. The smallest absolute Gasteiger partial charge is 0.242 e. The molecule has 86 valence electrons. The van der Waals surface area contributed by atoms with Crippen LogP contribution in [0.2, 0.25) is 0 Å². The highest BCUT2D eigenvalue weighted by Gasteiger charge is 2.23. The SMILES string of the molecule is CNC(=O)C(C)NC(=O)[C@@H]1CCCNC1. The van der Waals surface area contributed by atoms with Gasteiger partial charge in [0.05, 0.1) is 5.92 Å². The van der Waals surface area contributed by atoms with Crippen LogP contribution in [-0.2, 0) is 9.59 Å². The maximum atomic E-state index is 11.7. The van der Waals surface area contributed by atoms with Gasteiger partial charge in [0.25, 0.3) is 0 Å². The number of hydrogen-bond donors (Lipinski definition) is 3. The van der Waals surface area contributed by atoms with Crippen molar-refractivity contribution >= 4 is 11.8 Å². The predicted molar refractivity (Wildman–Crippen MR) is 57.3 cm³/mol. The van der Waals surface area contributed by atoms with Crippen molar-refractivity contribution in [3.8, 4) is 0 Å². The van der Waals surface area contributed by atoms with Gasteiger partial charge in [-0.2, -0.15) is 0 Å². The molecule has 0 saturated carbocycles. The molecule has 1 heterocycles. The Balaban J connectivity index is 2.36. The first-order valence-electron chi connectivity index (χ1n) is 5.38. The van der Waals surface area contributed by atoms with E-state index in [9.17, 15) is 9.59 Å². The Bertz CT molecular complexity index is 237. The number of nitrogens with one attached hydrogen (secondary N) is 3. The number of amides is 2. The summed E-state index contributed by atoms with van der Waals surface area (Å²) in [5, 5.41) is 8.38. The number of likely N-dealkylation sites (N-methyl/N-ethyl adjacent to an activating group) is 1. The summed E-state index contributed by atoms with van der Waals surface area (Å²) in [4.78, 5) is 22.9. The first-order chi connectivity index (χ1) is 7.15. The van der Waals surface area contributed by atoms with E-state index in [2.05, 4.69) is 16.0 Å². The molecule has 1 saturated heterocycles. The fraction of sp³-hybridized carbons (Fsp3) is 0.800. The molecular formula is C10H19N3O2. The largest absolute Gasteiger partial charge is 0.357 e. The Morgan fingerprint density at radius 2 is 2.20 bits per heavy atom. The Morgan fingerprint density at radius 3 is 2.73 bits per heavy atom. The van der Waals surface area contributed by atoms with Crippen LogP contribution in [0.15, 0.2) is 0 Å². The summed E-state index contributed by atoms with van der Waals surface area (Å²) >= 11 is 0. The molecule has 1 aliphatic rings. The maximum absolute atomic E-state index is 11.7. The van der Waals surface area contributed by atoms with E-state index in [0.717, 1.165) is 19.4 Å². The summed E-state index contributed by atoms with van der Waals surface area (Å²) in [6.45, 7) is 3.38. The van der Waals surface area contributed by atoms with Crippen LogP contribution in [0, 0.1) is 5.92 Å². The van der Waals surface area contributed by atoms with Crippen molar-refractivity contribution in [3.05, 3.63) is 0 Å². The standard InChI is InChI=1S/C10H19N3O2/c1-7(9(14)11-2)13-10(15)8-4-3-5-12-6-8/h7-8,12H,3-6H2,1-2H3,(H,11,14)(H,13,15)/t7?,8-/m1/s1. The van der Waals surface area contributed by atoms with Crippen LogP contribution in [-0.4, -0.2) is 38.0 Å². The number of piperidine rings is 1. The number of hydrogen-bond acceptors (Lipinski definition) is 3. The molecule has 0 spiro atoms. The topological polar surface area (TPSA) is 70.2 Å². The lowest BCUT2D eigenvalue weighted by atomic mass is 9.98. The van der Waals surface area contributed by atoms with E-state index in [-0.39, 0.29) is 17.7 Å². The van der Waals surface area contributed by atoms with Crippen molar-refractivity contribution in [1.82, 2.24) is 16.0 Å². The quantitative estimate of drug-likeness (QED) is 0.577. The minimum Gasteiger partial charge on any atom is -0.357 e. The van der Waals surface area contributed by atoms with Gasteiger partial charge in [-0.05, 0) is 26.3 Å². The Morgan fingerprint density at radius 1 is 1.47 bits per heavy atom. The zero-order chi connectivity index (χ0) is 11.3. The Labute approximate surface area is 90.0 Å². The summed E-state index contributed by atoms with van der Waals surface area (Å²) in [5.74, 6) is -0.184. The number of carbonyl (C=O) groups is 2. The van der Waals surface area contributed by atoms with E-state index in [1.54, 1.807) is 14.0 Å². The van der Waals surface area contributed by atoms with Gasteiger partial charge in [0.2, 0.25) is 11.8 Å². The molecule has 1 aliphatic heterocycles. The molecule has 3 N–H and O–H groups in total. The second-order valence-corrected chi connectivity index (χ2v) is 3.89. The summed E-state index contributed by atoms with van der Waals surface area (Å²) in [5.41, 5.74) is 0. The van der Waals surface area contributed by atoms with E-state index >= 15 is 0 Å². The Hall–Kier alpha value is -1.10. The maximum Gasteiger partial charge on any atom is 0.242 e. The van der Waals surface area contributed by atoms with Crippen molar-refractivity contribution in [2.24, 2.45) is 5.92 Å². The minimum atomic E-state index is -0.454. The molecule has 15 heavy (non-hydrogen) atoms. The van der Waals surface area contributed by atoms with Crippen LogP contribution in [0.3, 0.4) is 0 Å². The molecule has 0 aliphatic carbocycles. The van der Waals surface area contributed by atoms with Gasteiger partial charge >= 0.3 is 0 Å². The zero-order valence-electron chi connectivity index (χ0n) is 9.30. The van der Waals surface area contributed by atoms with Gasteiger partial charge in [-0.25, -0.2) is 0 Å². The molecule has 0 aromatic rings. The average Bonchev–Trinajstić information content (AvgIpc) is 2.29. The van der Waals surface area contributed by atoms with Crippen LogP contribution in [0.4, 0.5) is 0 Å². The third kappa shape index (κ3) is 3.51. The molecule has 2 atom stereocenters. The van der Waals surface area contributed by atoms with Crippen LogP contribution in [0.25, 0.3) is 0 Å². The van der Waals surface area contributed by atoms with Crippen LogP contribution >= 0.6 is 0 Å². The summed E-state index contributed by atoms with van der Waals surface area (Å²) in [6.07, 6.45) is 1.92. The molecule has 1 unspecified atom stereocenters. The molecule has 0 bridgehead atoms. The van der Waals surface area contributed by atoms with Gasteiger partial charge in [0, 0.05) is 13.6 Å². The highest BCUT2D eigenvalue weighted by atomic mass is 16.2. The van der Waals surface area contributed by atoms with Crippen LogP contribution in [0.5, 0.6) is 0 Å². The molecule has 2 amide bonds. The van der Waals surface area contributed by atoms with E-state index < -0.39 is 6.04 Å². The van der Waals surface area contributed by atoms with Crippen molar-refractivity contribution in [2.45, 2.75) is 25.8 Å². The molecule has 5 nitrogen and oxygen atoms in total. The van der Waals surface area contributed by atoms with E-state index in [1.807, 2.05) is 0 Å².